The molecule has 0 N–H and O–H groups in total. The van der Waals surface area contributed by atoms with E-state index in [1.165, 1.54) is 11.1 Å². The van der Waals surface area contributed by atoms with Crippen molar-refractivity contribution in [1.29, 1.82) is 0 Å². The largest absolute Gasteiger partial charge is 0.122 e. The molecule has 0 bridgehead atoms. The molecule has 0 aliphatic heterocycles. The fourth-order valence-corrected chi connectivity index (χ4v) is 1.66. The fraction of sp³-hybridized carbons (Fsp3) is 0.385. The Morgan fingerprint density at radius 3 is 2.36 bits per heavy atom. The molecule has 14 heavy (non-hydrogen) atoms. The van der Waals surface area contributed by atoms with Crippen LogP contribution in [-0.4, -0.2) is 5.88 Å². The number of rotatable bonds is 2. The summed E-state index contributed by atoms with van der Waals surface area (Å²) in [4.78, 5) is 0. The zero-order valence-corrected chi connectivity index (χ0v) is 9.86. The first kappa shape index (κ1) is 11.3. The van der Waals surface area contributed by atoms with Crippen LogP contribution in [0.1, 0.15) is 31.9 Å². The van der Waals surface area contributed by atoms with E-state index in [4.69, 9.17) is 11.6 Å². The summed E-state index contributed by atoms with van der Waals surface area (Å²) in [6.07, 6.45) is 0. The molecule has 0 nitrogen and oxygen atoms in total. The van der Waals surface area contributed by atoms with Gasteiger partial charge in [0.15, 0.2) is 0 Å². The molecule has 0 saturated heterocycles. The van der Waals surface area contributed by atoms with Crippen LogP contribution in [0.15, 0.2) is 30.8 Å². The summed E-state index contributed by atoms with van der Waals surface area (Å²) in [5.41, 5.74) is 3.64. The molecule has 0 aliphatic carbocycles. The minimum atomic E-state index is 0.144. The van der Waals surface area contributed by atoms with Gasteiger partial charge < -0.3 is 0 Å². The molecule has 0 atom stereocenters. The number of allylic oxidation sites excluding steroid dienone is 1. The average molecular weight is 209 g/mol. The average Bonchev–Trinajstić information content (AvgIpc) is 2.15. The summed E-state index contributed by atoms with van der Waals surface area (Å²) in [5.74, 6) is 0.493. The Balaban J connectivity index is 3.23. The Labute approximate surface area is 91.6 Å². The van der Waals surface area contributed by atoms with Gasteiger partial charge in [0.2, 0.25) is 0 Å². The third-order valence-corrected chi connectivity index (χ3v) is 2.60. The van der Waals surface area contributed by atoms with Gasteiger partial charge in [0, 0.05) is 5.88 Å². The van der Waals surface area contributed by atoms with Gasteiger partial charge in [-0.05, 0) is 22.1 Å². The number of hydrogen-bond donors (Lipinski definition) is 0. The van der Waals surface area contributed by atoms with Crippen molar-refractivity contribution in [1.82, 2.24) is 0 Å². The third-order valence-electron chi connectivity index (χ3n) is 2.28. The van der Waals surface area contributed by atoms with Crippen LogP contribution in [-0.2, 0) is 5.41 Å². The van der Waals surface area contributed by atoms with Crippen molar-refractivity contribution in [3.05, 3.63) is 42.0 Å². The van der Waals surface area contributed by atoms with Crippen LogP contribution < -0.4 is 0 Å². The van der Waals surface area contributed by atoms with E-state index in [1.807, 2.05) is 6.07 Å². The third kappa shape index (κ3) is 2.39. The van der Waals surface area contributed by atoms with Crippen LogP contribution >= 0.6 is 11.6 Å². The molecule has 0 saturated carbocycles. The fourth-order valence-electron chi connectivity index (χ4n) is 1.52. The van der Waals surface area contributed by atoms with Gasteiger partial charge >= 0.3 is 0 Å². The van der Waals surface area contributed by atoms with Crippen molar-refractivity contribution < 1.29 is 0 Å². The van der Waals surface area contributed by atoms with Gasteiger partial charge in [-0.1, -0.05) is 51.6 Å². The predicted molar refractivity (Wildman–Crippen MR) is 64.9 cm³/mol. The minimum absolute atomic E-state index is 0.144. The molecule has 1 heteroatoms. The molecule has 0 aromatic heterocycles. The Bertz CT molecular complexity index is 331. The molecule has 0 radical (unpaired) electrons. The van der Waals surface area contributed by atoms with Gasteiger partial charge in [-0.25, -0.2) is 0 Å². The lowest BCUT2D eigenvalue weighted by atomic mass is 9.82. The lowest BCUT2D eigenvalue weighted by Crippen LogP contribution is -2.13. The summed E-state index contributed by atoms with van der Waals surface area (Å²) >= 11 is 5.81. The maximum absolute atomic E-state index is 5.81. The molecule has 1 rings (SSSR count). The second-order valence-corrected chi connectivity index (χ2v) is 4.80. The second kappa shape index (κ2) is 4.18. The Morgan fingerprint density at radius 2 is 1.86 bits per heavy atom. The van der Waals surface area contributed by atoms with Crippen molar-refractivity contribution in [2.45, 2.75) is 26.2 Å². The van der Waals surface area contributed by atoms with E-state index in [-0.39, 0.29) is 5.41 Å². The highest BCUT2D eigenvalue weighted by molar-refractivity contribution is 6.23. The summed E-state index contributed by atoms with van der Waals surface area (Å²) in [6, 6.07) is 8.33. The first-order chi connectivity index (χ1) is 6.46. The standard InChI is InChI=1S/C13H17Cl/c1-10(9-14)11-7-5-6-8-12(11)13(2,3)4/h5-8H,1,9H2,2-4H3. The summed E-state index contributed by atoms with van der Waals surface area (Å²) in [7, 11) is 0. The number of halogens is 1. The molecule has 0 unspecified atom stereocenters. The van der Waals surface area contributed by atoms with Crippen LogP contribution in [0.25, 0.3) is 5.57 Å². The summed E-state index contributed by atoms with van der Waals surface area (Å²) < 4.78 is 0. The van der Waals surface area contributed by atoms with E-state index in [0.717, 1.165) is 5.57 Å². The molecule has 76 valence electrons. The van der Waals surface area contributed by atoms with Gasteiger partial charge in [0.25, 0.3) is 0 Å². The Morgan fingerprint density at radius 1 is 1.29 bits per heavy atom. The lowest BCUT2D eigenvalue weighted by Gasteiger charge is -2.23. The van der Waals surface area contributed by atoms with E-state index in [9.17, 15) is 0 Å². The normalized spacial score (nSPS) is 11.4. The van der Waals surface area contributed by atoms with Crippen molar-refractivity contribution >= 4 is 17.2 Å². The van der Waals surface area contributed by atoms with Gasteiger partial charge in [-0.2, -0.15) is 0 Å². The molecule has 0 aliphatic rings. The predicted octanol–water partition coefficient (Wildman–Crippen LogP) is 4.24. The number of hydrogen-bond acceptors (Lipinski definition) is 0. The zero-order valence-electron chi connectivity index (χ0n) is 9.10. The maximum atomic E-state index is 5.81. The number of alkyl halides is 1. The zero-order chi connectivity index (χ0) is 10.8. The highest BCUT2D eigenvalue weighted by Crippen LogP contribution is 2.29. The minimum Gasteiger partial charge on any atom is -0.122 e. The van der Waals surface area contributed by atoms with Gasteiger partial charge in [-0.3, -0.25) is 0 Å². The van der Waals surface area contributed by atoms with E-state index in [1.54, 1.807) is 0 Å². The SMILES string of the molecule is C=C(CCl)c1ccccc1C(C)(C)C. The smallest absolute Gasteiger partial charge is 0.0474 e. The summed E-state index contributed by atoms with van der Waals surface area (Å²) in [6.45, 7) is 10.6. The highest BCUT2D eigenvalue weighted by atomic mass is 35.5. The Kier molecular flexibility index (Phi) is 3.38. The van der Waals surface area contributed by atoms with Gasteiger partial charge in [0.1, 0.15) is 0 Å². The number of benzene rings is 1. The molecule has 1 aromatic rings. The van der Waals surface area contributed by atoms with Gasteiger partial charge in [-0.15, -0.1) is 11.6 Å². The van der Waals surface area contributed by atoms with E-state index in [2.05, 4.69) is 45.5 Å². The monoisotopic (exact) mass is 208 g/mol. The van der Waals surface area contributed by atoms with Crippen LogP contribution in [0.2, 0.25) is 0 Å². The van der Waals surface area contributed by atoms with Crippen molar-refractivity contribution in [3.63, 3.8) is 0 Å². The van der Waals surface area contributed by atoms with Gasteiger partial charge in [0.05, 0.1) is 0 Å². The van der Waals surface area contributed by atoms with Crippen molar-refractivity contribution in [2.24, 2.45) is 0 Å². The van der Waals surface area contributed by atoms with E-state index < -0.39 is 0 Å². The molecular weight excluding hydrogens is 192 g/mol. The van der Waals surface area contributed by atoms with Crippen LogP contribution in [0.5, 0.6) is 0 Å². The highest BCUT2D eigenvalue weighted by Gasteiger charge is 2.17. The van der Waals surface area contributed by atoms with Crippen LogP contribution in [0, 0.1) is 0 Å². The second-order valence-electron chi connectivity index (χ2n) is 4.53. The van der Waals surface area contributed by atoms with E-state index in [0.29, 0.717) is 5.88 Å². The molecule has 0 heterocycles. The summed E-state index contributed by atoms with van der Waals surface area (Å²) in [5, 5.41) is 0. The molecule has 0 amide bonds. The van der Waals surface area contributed by atoms with E-state index >= 15 is 0 Å². The first-order valence-corrected chi connectivity index (χ1v) is 5.34. The molecular formula is C13H17Cl. The van der Waals surface area contributed by atoms with Crippen LogP contribution in [0.4, 0.5) is 0 Å². The van der Waals surface area contributed by atoms with Crippen LogP contribution in [0.3, 0.4) is 0 Å². The lowest BCUT2D eigenvalue weighted by molar-refractivity contribution is 0.588. The Hall–Kier alpha value is -0.750. The molecule has 0 fully saturated rings. The maximum Gasteiger partial charge on any atom is 0.0474 e. The van der Waals surface area contributed by atoms with Crippen molar-refractivity contribution in [3.8, 4) is 0 Å². The molecule has 1 aromatic carbocycles. The molecule has 0 spiro atoms. The topological polar surface area (TPSA) is 0 Å². The van der Waals surface area contributed by atoms with Crippen molar-refractivity contribution in [2.75, 3.05) is 5.88 Å². The quantitative estimate of drug-likeness (QED) is 0.638. The first-order valence-electron chi connectivity index (χ1n) is 4.80.